The number of hydrogen-bond donors (Lipinski definition) is 2. The van der Waals surface area contributed by atoms with Crippen molar-refractivity contribution in [3.8, 4) is 0 Å². The second kappa shape index (κ2) is 7.73. The molecule has 0 aliphatic heterocycles. The first kappa shape index (κ1) is 16.9. The van der Waals surface area contributed by atoms with Crippen molar-refractivity contribution in [2.24, 2.45) is 0 Å². The number of nitrogens with zero attached hydrogens (tertiary/aromatic N) is 1. The van der Waals surface area contributed by atoms with E-state index < -0.39 is 0 Å². The fourth-order valence-corrected chi connectivity index (χ4v) is 3.20. The number of aromatic amines is 1. The first-order valence-electron chi connectivity index (χ1n) is 7.69. The Morgan fingerprint density at radius 2 is 2.00 bits per heavy atom. The summed E-state index contributed by atoms with van der Waals surface area (Å²) in [6, 6.07) is 15.4. The molecular weight excluding hydrogens is 342 g/mol. The molecule has 4 nitrogen and oxygen atoms in total. The molecule has 24 heavy (non-hydrogen) atoms. The van der Waals surface area contributed by atoms with Crippen LogP contribution >= 0.6 is 23.4 Å². The molecule has 0 unspecified atom stereocenters. The maximum absolute atomic E-state index is 12.0. The van der Waals surface area contributed by atoms with E-state index in [1.54, 1.807) is 11.8 Å². The van der Waals surface area contributed by atoms with Crippen LogP contribution in [0.15, 0.2) is 48.5 Å². The third-order valence-electron chi connectivity index (χ3n) is 3.66. The minimum atomic E-state index is 0.0120. The summed E-state index contributed by atoms with van der Waals surface area (Å²) >= 11 is 7.41. The van der Waals surface area contributed by atoms with Crippen LogP contribution in [0.2, 0.25) is 5.02 Å². The van der Waals surface area contributed by atoms with Crippen LogP contribution in [0.1, 0.15) is 23.6 Å². The lowest BCUT2D eigenvalue weighted by Crippen LogP contribution is -2.24. The van der Waals surface area contributed by atoms with E-state index in [9.17, 15) is 4.79 Å². The van der Waals surface area contributed by atoms with Crippen molar-refractivity contribution in [1.82, 2.24) is 15.3 Å². The second-order valence-electron chi connectivity index (χ2n) is 5.50. The van der Waals surface area contributed by atoms with Gasteiger partial charge >= 0.3 is 0 Å². The van der Waals surface area contributed by atoms with Crippen LogP contribution in [0.3, 0.4) is 0 Å². The standard InChI is InChI=1S/C18H18ClN3OS/c1-12(18-21-15-4-2-3-5-16(15)22-18)24-11-17(23)20-10-13-6-8-14(19)9-7-13/h2-9,12H,10-11H2,1H3,(H,20,23)(H,21,22)/t12-/m1/s1. The van der Waals surface area contributed by atoms with Gasteiger partial charge < -0.3 is 10.3 Å². The van der Waals surface area contributed by atoms with Gasteiger partial charge in [0, 0.05) is 11.6 Å². The number of H-pyrrole nitrogens is 1. The number of thioether (sulfide) groups is 1. The lowest BCUT2D eigenvalue weighted by molar-refractivity contribution is -0.118. The monoisotopic (exact) mass is 359 g/mol. The van der Waals surface area contributed by atoms with E-state index in [0.717, 1.165) is 22.4 Å². The summed E-state index contributed by atoms with van der Waals surface area (Å²) in [4.78, 5) is 19.9. The fourth-order valence-electron chi connectivity index (χ4n) is 2.30. The minimum absolute atomic E-state index is 0.0120. The largest absolute Gasteiger partial charge is 0.351 e. The van der Waals surface area contributed by atoms with Crippen molar-refractivity contribution in [2.75, 3.05) is 5.75 Å². The molecule has 0 spiro atoms. The number of carbonyl (C=O) groups is 1. The zero-order valence-corrected chi connectivity index (χ0v) is 14.8. The number of carbonyl (C=O) groups excluding carboxylic acids is 1. The normalized spacial score (nSPS) is 12.2. The van der Waals surface area contributed by atoms with Gasteiger partial charge in [0.05, 0.1) is 22.0 Å². The Hall–Kier alpha value is -1.98. The van der Waals surface area contributed by atoms with Crippen LogP contribution in [-0.4, -0.2) is 21.6 Å². The maximum atomic E-state index is 12.0. The van der Waals surface area contributed by atoms with Crippen molar-refractivity contribution in [3.63, 3.8) is 0 Å². The number of nitrogens with one attached hydrogen (secondary N) is 2. The van der Waals surface area contributed by atoms with Gasteiger partial charge in [-0.1, -0.05) is 35.9 Å². The highest BCUT2D eigenvalue weighted by molar-refractivity contribution is 8.00. The highest BCUT2D eigenvalue weighted by Crippen LogP contribution is 2.27. The van der Waals surface area contributed by atoms with E-state index >= 15 is 0 Å². The van der Waals surface area contributed by atoms with Crippen LogP contribution in [0.25, 0.3) is 11.0 Å². The molecule has 2 aromatic carbocycles. The van der Waals surface area contributed by atoms with Crippen molar-refractivity contribution >= 4 is 40.3 Å². The minimum Gasteiger partial charge on any atom is -0.351 e. The van der Waals surface area contributed by atoms with Gasteiger partial charge in [0.1, 0.15) is 5.82 Å². The molecule has 6 heteroatoms. The molecule has 0 aliphatic carbocycles. The topological polar surface area (TPSA) is 57.8 Å². The van der Waals surface area contributed by atoms with Crippen molar-refractivity contribution in [3.05, 3.63) is 64.9 Å². The average Bonchev–Trinajstić information content (AvgIpc) is 3.03. The second-order valence-corrected chi connectivity index (χ2v) is 7.26. The van der Waals surface area contributed by atoms with E-state index in [1.807, 2.05) is 48.5 Å². The Balaban J connectivity index is 1.49. The van der Waals surface area contributed by atoms with E-state index in [-0.39, 0.29) is 11.2 Å². The molecular formula is C18H18ClN3OS. The average molecular weight is 360 g/mol. The summed E-state index contributed by atoms with van der Waals surface area (Å²) in [6.45, 7) is 2.56. The van der Waals surface area contributed by atoms with Crippen molar-refractivity contribution < 1.29 is 4.79 Å². The summed E-state index contributed by atoms with van der Waals surface area (Å²) in [5.41, 5.74) is 3.00. The molecule has 3 aromatic rings. The van der Waals surface area contributed by atoms with Crippen LogP contribution in [-0.2, 0) is 11.3 Å². The predicted molar refractivity (Wildman–Crippen MR) is 100 cm³/mol. The Bertz CT molecular complexity index is 799. The van der Waals surface area contributed by atoms with Gasteiger partial charge in [-0.15, -0.1) is 11.8 Å². The molecule has 0 bridgehead atoms. The van der Waals surface area contributed by atoms with Crippen LogP contribution in [0.5, 0.6) is 0 Å². The Kier molecular flexibility index (Phi) is 5.43. The molecule has 3 rings (SSSR count). The molecule has 0 saturated carbocycles. The van der Waals surface area contributed by atoms with Crippen LogP contribution in [0, 0.1) is 0 Å². The summed E-state index contributed by atoms with van der Waals surface area (Å²) in [7, 11) is 0. The van der Waals surface area contributed by atoms with Gasteiger partial charge in [-0.2, -0.15) is 0 Å². The van der Waals surface area contributed by atoms with E-state index in [0.29, 0.717) is 17.3 Å². The molecule has 2 N–H and O–H groups in total. The smallest absolute Gasteiger partial charge is 0.230 e. The number of hydrogen-bond acceptors (Lipinski definition) is 3. The van der Waals surface area contributed by atoms with Crippen molar-refractivity contribution in [2.45, 2.75) is 18.7 Å². The lowest BCUT2D eigenvalue weighted by Gasteiger charge is -2.09. The number of imidazole rings is 1. The van der Waals surface area contributed by atoms with E-state index in [1.165, 1.54) is 0 Å². The first-order valence-corrected chi connectivity index (χ1v) is 9.12. The van der Waals surface area contributed by atoms with Gasteiger partial charge in [0.25, 0.3) is 0 Å². The highest BCUT2D eigenvalue weighted by atomic mass is 35.5. The molecule has 0 saturated heterocycles. The molecule has 1 heterocycles. The van der Waals surface area contributed by atoms with Crippen molar-refractivity contribution in [1.29, 1.82) is 0 Å². The molecule has 0 radical (unpaired) electrons. The zero-order valence-electron chi connectivity index (χ0n) is 13.3. The quantitative estimate of drug-likeness (QED) is 0.688. The van der Waals surface area contributed by atoms with Gasteiger partial charge in [-0.3, -0.25) is 4.79 Å². The van der Waals surface area contributed by atoms with Gasteiger partial charge in [0.15, 0.2) is 0 Å². The van der Waals surface area contributed by atoms with Gasteiger partial charge in [-0.25, -0.2) is 4.98 Å². The Morgan fingerprint density at radius 1 is 1.25 bits per heavy atom. The fraction of sp³-hybridized carbons (Fsp3) is 0.222. The zero-order chi connectivity index (χ0) is 16.9. The summed E-state index contributed by atoms with van der Waals surface area (Å²) < 4.78 is 0. The molecule has 124 valence electrons. The third kappa shape index (κ3) is 4.30. The SMILES string of the molecule is C[C@@H](SCC(=O)NCc1ccc(Cl)cc1)c1nc2ccccc2[nH]1. The number of amides is 1. The van der Waals surface area contributed by atoms with Crippen LogP contribution < -0.4 is 5.32 Å². The first-order chi connectivity index (χ1) is 11.6. The Labute approximate surface area is 150 Å². The third-order valence-corrected chi connectivity index (χ3v) is 5.06. The van der Waals surface area contributed by atoms with Crippen LogP contribution in [0.4, 0.5) is 0 Å². The maximum Gasteiger partial charge on any atom is 0.230 e. The number of rotatable bonds is 6. The van der Waals surface area contributed by atoms with E-state index in [2.05, 4.69) is 22.2 Å². The number of halogens is 1. The molecule has 1 atom stereocenters. The molecule has 1 amide bonds. The number of benzene rings is 2. The molecule has 0 fully saturated rings. The van der Waals surface area contributed by atoms with E-state index in [4.69, 9.17) is 11.6 Å². The van der Waals surface area contributed by atoms with Gasteiger partial charge in [-0.05, 0) is 36.8 Å². The predicted octanol–water partition coefficient (Wildman–Crippen LogP) is 4.33. The highest BCUT2D eigenvalue weighted by Gasteiger charge is 2.13. The Morgan fingerprint density at radius 3 is 2.75 bits per heavy atom. The molecule has 0 aliphatic rings. The van der Waals surface area contributed by atoms with Gasteiger partial charge in [0.2, 0.25) is 5.91 Å². The number of aromatic nitrogens is 2. The lowest BCUT2D eigenvalue weighted by atomic mass is 10.2. The molecule has 1 aromatic heterocycles. The summed E-state index contributed by atoms with van der Waals surface area (Å²) in [5, 5.41) is 3.74. The summed E-state index contributed by atoms with van der Waals surface area (Å²) in [5.74, 6) is 1.30. The number of fused-ring (bicyclic) bond motifs is 1. The number of para-hydroxylation sites is 2. The summed E-state index contributed by atoms with van der Waals surface area (Å²) in [6.07, 6.45) is 0.